The first-order valence-electron chi connectivity index (χ1n) is 4.50. The summed E-state index contributed by atoms with van der Waals surface area (Å²) in [4.78, 5) is 16.1. The molecule has 0 fully saturated rings. The van der Waals surface area contributed by atoms with Gasteiger partial charge in [-0.05, 0) is 19.1 Å². The van der Waals surface area contributed by atoms with Gasteiger partial charge in [0, 0.05) is 12.3 Å². The zero-order chi connectivity index (χ0) is 11.7. The average Bonchev–Trinajstić information content (AvgIpc) is 2.64. The van der Waals surface area contributed by atoms with Crippen molar-refractivity contribution in [3.05, 3.63) is 51.5 Å². The molecule has 2 aromatic rings. The van der Waals surface area contributed by atoms with Gasteiger partial charge in [0.25, 0.3) is 0 Å². The van der Waals surface area contributed by atoms with E-state index >= 15 is 0 Å². The standard InChI is InChI=1S/C11H7F2NOS/c1-6-14-5-10(16-6)11(15)8-3-2-7(12)4-9(8)13/h2-5H,1H3. The zero-order valence-electron chi connectivity index (χ0n) is 8.33. The number of carbonyl (C=O) groups is 1. The highest BCUT2D eigenvalue weighted by Crippen LogP contribution is 2.19. The van der Waals surface area contributed by atoms with Crippen molar-refractivity contribution in [2.24, 2.45) is 0 Å². The Morgan fingerprint density at radius 1 is 1.38 bits per heavy atom. The maximum atomic E-state index is 13.3. The minimum Gasteiger partial charge on any atom is -0.288 e. The summed E-state index contributed by atoms with van der Waals surface area (Å²) < 4.78 is 26.0. The van der Waals surface area contributed by atoms with Crippen LogP contribution in [0.2, 0.25) is 0 Å². The lowest BCUT2D eigenvalue weighted by Crippen LogP contribution is -2.02. The van der Waals surface area contributed by atoms with E-state index in [-0.39, 0.29) is 5.56 Å². The second-order valence-electron chi connectivity index (χ2n) is 3.20. The molecule has 1 aromatic carbocycles. The normalized spacial score (nSPS) is 10.4. The quantitative estimate of drug-likeness (QED) is 0.754. The van der Waals surface area contributed by atoms with Gasteiger partial charge in [-0.3, -0.25) is 4.79 Å². The number of carbonyl (C=O) groups excluding carboxylic acids is 1. The van der Waals surface area contributed by atoms with Crippen LogP contribution < -0.4 is 0 Å². The molecule has 0 aliphatic rings. The Labute approximate surface area is 94.6 Å². The van der Waals surface area contributed by atoms with Crippen LogP contribution in [0.5, 0.6) is 0 Å². The smallest absolute Gasteiger partial charge is 0.207 e. The van der Waals surface area contributed by atoms with Gasteiger partial charge in [-0.15, -0.1) is 11.3 Å². The van der Waals surface area contributed by atoms with Crippen LogP contribution >= 0.6 is 11.3 Å². The Bertz CT molecular complexity index is 551. The summed E-state index contributed by atoms with van der Waals surface area (Å²) >= 11 is 1.18. The van der Waals surface area contributed by atoms with Gasteiger partial charge in [0.15, 0.2) is 0 Å². The second kappa shape index (κ2) is 4.09. The Hall–Kier alpha value is -1.62. The molecule has 2 rings (SSSR count). The first kappa shape index (κ1) is 10.9. The highest BCUT2D eigenvalue weighted by Gasteiger charge is 2.16. The number of halogens is 2. The van der Waals surface area contributed by atoms with Crippen LogP contribution in [0.1, 0.15) is 20.2 Å². The summed E-state index contributed by atoms with van der Waals surface area (Å²) in [7, 11) is 0. The second-order valence-corrected chi connectivity index (χ2v) is 4.43. The molecule has 0 bridgehead atoms. The SMILES string of the molecule is Cc1ncc(C(=O)c2ccc(F)cc2F)s1. The zero-order valence-corrected chi connectivity index (χ0v) is 9.15. The number of rotatable bonds is 2. The first-order chi connectivity index (χ1) is 7.58. The molecule has 0 amide bonds. The minimum absolute atomic E-state index is 0.134. The summed E-state index contributed by atoms with van der Waals surface area (Å²) in [5.41, 5.74) is -0.134. The maximum absolute atomic E-state index is 13.3. The van der Waals surface area contributed by atoms with Crippen molar-refractivity contribution in [1.29, 1.82) is 0 Å². The maximum Gasteiger partial charge on any atom is 0.207 e. The van der Waals surface area contributed by atoms with Gasteiger partial charge in [0.05, 0.1) is 15.4 Å². The number of nitrogens with zero attached hydrogens (tertiary/aromatic N) is 1. The van der Waals surface area contributed by atoms with E-state index in [0.29, 0.717) is 10.9 Å². The molecular weight excluding hydrogens is 232 g/mol. The number of ketones is 1. The predicted octanol–water partition coefficient (Wildman–Crippen LogP) is 2.96. The Morgan fingerprint density at radius 2 is 2.12 bits per heavy atom. The van der Waals surface area contributed by atoms with Gasteiger partial charge in [-0.1, -0.05) is 0 Å². The van der Waals surface area contributed by atoms with E-state index in [1.165, 1.54) is 17.5 Å². The van der Waals surface area contributed by atoms with E-state index < -0.39 is 17.4 Å². The largest absolute Gasteiger partial charge is 0.288 e. The van der Waals surface area contributed by atoms with Crippen LogP contribution in [-0.2, 0) is 0 Å². The van der Waals surface area contributed by atoms with Gasteiger partial charge in [-0.2, -0.15) is 0 Å². The van der Waals surface area contributed by atoms with E-state index in [9.17, 15) is 13.6 Å². The molecule has 5 heteroatoms. The highest BCUT2D eigenvalue weighted by molar-refractivity contribution is 7.13. The van der Waals surface area contributed by atoms with E-state index in [4.69, 9.17) is 0 Å². The average molecular weight is 239 g/mol. The Kier molecular flexibility index (Phi) is 2.78. The molecule has 2 nitrogen and oxygen atoms in total. The summed E-state index contributed by atoms with van der Waals surface area (Å²) in [6.07, 6.45) is 1.39. The molecular formula is C11H7F2NOS. The van der Waals surface area contributed by atoms with Crippen LogP contribution in [0.25, 0.3) is 0 Å². The summed E-state index contributed by atoms with van der Waals surface area (Å²) in [5, 5.41) is 0.728. The monoisotopic (exact) mass is 239 g/mol. The molecule has 0 saturated carbocycles. The van der Waals surface area contributed by atoms with Crippen molar-refractivity contribution < 1.29 is 13.6 Å². The third-order valence-corrected chi connectivity index (χ3v) is 2.93. The number of aryl methyl sites for hydroxylation is 1. The molecule has 0 radical (unpaired) electrons. The summed E-state index contributed by atoms with van der Waals surface area (Å²) in [6, 6.07) is 2.90. The number of aromatic nitrogens is 1. The van der Waals surface area contributed by atoms with Gasteiger partial charge in [0.1, 0.15) is 11.6 Å². The van der Waals surface area contributed by atoms with Gasteiger partial charge in [0.2, 0.25) is 5.78 Å². The van der Waals surface area contributed by atoms with Crippen molar-refractivity contribution in [2.75, 3.05) is 0 Å². The van der Waals surface area contributed by atoms with Gasteiger partial charge < -0.3 is 0 Å². The molecule has 1 aromatic heterocycles. The molecule has 0 spiro atoms. The first-order valence-corrected chi connectivity index (χ1v) is 5.32. The fourth-order valence-corrected chi connectivity index (χ4v) is 2.00. The summed E-state index contributed by atoms with van der Waals surface area (Å²) in [5.74, 6) is -2.02. The van der Waals surface area contributed by atoms with Crippen LogP contribution in [-0.4, -0.2) is 10.8 Å². The van der Waals surface area contributed by atoms with Crippen molar-refractivity contribution in [3.8, 4) is 0 Å². The summed E-state index contributed by atoms with van der Waals surface area (Å²) in [6.45, 7) is 1.75. The fourth-order valence-electron chi connectivity index (χ4n) is 1.27. The number of thiazole rings is 1. The molecule has 0 unspecified atom stereocenters. The predicted molar refractivity (Wildman–Crippen MR) is 56.6 cm³/mol. The molecule has 0 aliphatic heterocycles. The Balaban J connectivity index is 2.41. The van der Waals surface area contributed by atoms with E-state index in [0.717, 1.165) is 17.1 Å². The van der Waals surface area contributed by atoms with Gasteiger partial charge >= 0.3 is 0 Å². The Morgan fingerprint density at radius 3 is 2.69 bits per heavy atom. The van der Waals surface area contributed by atoms with E-state index in [1.807, 2.05) is 0 Å². The van der Waals surface area contributed by atoms with Crippen molar-refractivity contribution in [1.82, 2.24) is 4.98 Å². The van der Waals surface area contributed by atoms with Gasteiger partial charge in [-0.25, -0.2) is 13.8 Å². The number of hydrogen-bond acceptors (Lipinski definition) is 3. The third-order valence-electron chi connectivity index (χ3n) is 2.02. The third kappa shape index (κ3) is 1.99. The molecule has 1 heterocycles. The molecule has 0 atom stereocenters. The molecule has 0 aliphatic carbocycles. The number of benzene rings is 1. The van der Waals surface area contributed by atoms with E-state index in [1.54, 1.807) is 6.92 Å². The fraction of sp³-hybridized carbons (Fsp3) is 0.0909. The van der Waals surface area contributed by atoms with Crippen molar-refractivity contribution in [3.63, 3.8) is 0 Å². The molecule has 0 N–H and O–H groups in total. The lowest BCUT2D eigenvalue weighted by atomic mass is 10.1. The van der Waals surface area contributed by atoms with Crippen molar-refractivity contribution >= 4 is 17.1 Å². The van der Waals surface area contributed by atoms with Crippen LogP contribution in [0, 0.1) is 18.6 Å². The topological polar surface area (TPSA) is 30.0 Å². The molecule has 16 heavy (non-hydrogen) atoms. The van der Waals surface area contributed by atoms with Crippen LogP contribution in [0.15, 0.2) is 24.4 Å². The van der Waals surface area contributed by atoms with Crippen LogP contribution in [0.4, 0.5) is 8.78 Å². The van der Waals surface area contributed by atoms with Crippen LogP contribution in [0.3, 0.4) is 0 Å². The van der Waals surface area contributed by atoms with E-state index in [2.05, 4.69) is 4.98 Å². The minimum atomic E-state index is -0.851. The molecule has 0 saturated heterocycles. The lowest BCUT2D eigenvalue weighted by molar-refractivity contribution is 0.103. The lowest BCUT2D eigenvalue weighted by Gasteiger charge is -1.99. The van der Waals surface area contributed by atoms with Crippen molar-refractivity contribution in [2.45, 2.75) is 6.92 Å². The number of hydrogen-bond donors (Lipinski definition) is 0. The highest BCUT2D eigenvalue weighted by atomic mass is 32.1. The molecule has 82 valence electrons.